The van der Waals surface area contributed by atoms with Gasteiger partial charge in [-0.1, -0.05) is 40.0 Å². The number of carbonyl (C=O) groups is 1. The number of allylic oxidation sites excluding steroid dienone is 3. The van der Waals surface area contributed by atoms with Crippen LogP contribution in [0.2, 0.25) is 0 Å². The van der Waals surface area contributed by atoms with Crippen LogP contribution in [0.1, 0.15) is 20.8 Å². The molecule has 0 aromatic carbocycles. The molecule has 0 aliphatic carbocycles. The average Bonchev–Trinajstić information content (AvgIpc) is 2.71. The molecular weight excluding hydrogens is 431 g/mol. The molecule has 1 fully saturated rings. The van der Waals surface area contributed by atoms with Crippen molar-refractivity contribution >= 4 is 14.6 Å². The van der Waals surface area contributed by atoms with Crippen LogP contribution in [0.15, 0.2) is 48.8 Å². The summed E-state index contributed by atoms with van der Waals surface area (Å²) < 4.78 is 19.9. The van der Waals surface area contributed by atoms with E-state index in [9.17, 15) is 20.1 Å². The van der Waals surface area contributed by atoms with Crippen LogP contribution in [0.25, 0.3) is 0 Å². The third-order valence-corrected chi connectivity index (χ3v) is 3.92. The summed E-state index contributed by atoms with van der Waals surface area (Å²) >= 11 is 0. The molecule has 0 aromatic rings. The molecule has 3 unspecified atom stereocenters. The zero-order valence-corrected chi connectivity index (χ0v) is 19.0. The van der Waals surface area contributed by atoms with Crippen LogP contribution >= 0.6 is 8.60 Å². The normalized spacial score (nSPS) is 26.7. The van der Waals surface area contributed by atoms with E-state index < -0.39 is 51.9 Å². The van der Waals surface area contributed by atoms with Gasteiger partial charge in [0.05, 0.1) is 19.3 Å². The minimum Gasteiger partial charge on any atom is -0.465 e. The van der Waals surface area contributed by atoms with Crippen molar-refractivity contribution in [3.63, 3.8) is 0 Å². The first-order chi connectivity index (χ1) is 14.5. The first kappa shape index (κ1) is 29.4. The van der Waals surface area contributed by atoms with Crippen LogP contribution < -0.4 is 0 Å². The van der Waals surface area contributed by atoms with Gasteiger partial charge in [-0.3, -0.25) is 0 Å². The predicted octanol–water partition coefficient (Wildman–Crippen LogP) is 1.06. The Bertz CT molecular complexity index is 629. The lowest BCUT2D eigenvalue weighted by molar-refractivity contribution is -0.289. The number of rotatable bonds is 9. The summed E-state index contributed by atoms with van der Waals surface area (Å²) in [5.41, 5.74) is 0.131. The number of aliphatic hydroxyl groups excluding tert-OH is 3. The summed E-state index contributed by atoms with van der Waals surface area (Å²) in [5, 5.41) is 29.9. The Labute approximate surface area is 183 Å². The second kappa shape index (κ2) is 15.2. The van der Waals surface area contributed by atoms with Crippen LogP contribution in [-0.4, -0.2) is 75.5 Å². The van der Waals surface area contributed by atoms with E-state index in [2.05, 4.69) is 43.2 Å². The van der Waals surface area contributed by atoms with Gasteiger partial charge in [0, 0.05) is 0 Å². The molecule has 5 atom stereocenters. The minimum absolute atomic E-state index is 0.0668. The molecule has 1 aliphatic heterocycles. The number of carbonyl (C=O) groups excluding carboxylic acids is 1. The van der Waals surface area contributed by atoms with E-state index in [1.165, 1.54) is 31.4 Å². The molecule has 1 saturated heterocycles. The number of methoxy groups -OCH3 is 1. The minimum atomic E-state index is -2.69. The Morgan fingerprint density at radius 1 is 1.06 bits per heavy atom. The fraction of sp³-hybridized carbons (Fsp3) is 0.550. The zero-order valence-electron chi connectivity index (χ0n) is 18.1. The molecule has 0 amide bonds. The van der Waals surface area contributed by atoms with Gasteiger partial charge < -0.3 is 43.8 Å². The highest BCUT2D eigenvalue weighted by Gasteiger charge is 2.45. The number of hydrogen-bond donors (Lipinski definition) is 5. The largest absolute Gasteiger partial charge is 0.465 e. The standard InChI is InChI=1S/C16H23O10P.C4H10/c1-4-9(15(20)23-3)6-7-10(5-2)25-16-14(19)13(18)12(17)11(26-16)8-24-27(21)22;1-4(2)3/h4-7,11-14,16-19,21-22H,1-2,8H2,3H3;4H,1-3H3/b9-6+,10-7+;/t11?,12-,13?,14?,16+;/m1./s1. The van der Waals surface area contributed by atoms with Crippen molar-refractivity contribution < 1.29 is 48.6 Å². The Hall–Kier alpha value is -1.62. The van der Waals surface area contributed by atoms with Gasteiger partial charge in [0.15, 0.2) is 0 Å². The van der Waals surface area contributed by atoms with E-state index in [0.717, 1.165) is 5.92 Å². The molecule has 1 rings (SSSR count). The first-order valence-corrected chi connectivity index (χ1v) is 10.6. The molecule has 178 valence electrons. The number of ether oxygens (including phenoxy) is 3. The van der Waals surface area contributed by atoms with Crippen molar-refractivity contribution in [2.75, 3.05) is 13.7 Å². The SMILES string of the molecule is C=C/C(=C\C=C(/C=C)C(=O)OC)O[C@H]1OC(COP(O)O)[C@@H](O)C(O)C1O.CC(C)C. The molecule has 31 heavy (non-hydrogen) atoms. The summed E-state index contributed by atoms with van der Waals surface area (Å²) in [5.74, 6) is 0.274. The quantitative estimate of drug-likeness (QED) is 0.110. The van der Waals surface area contributed by atoms with E-state index in [0.29, 0.717) is 0 Å². The van der Waals surface area contributed by atoms with Gasteiger partial charge in [0.25, 0.3) is 0 Å². The highest BCUT2D eigenvalue weighted by Crippen LogP contribution is 2.29. The molecule has 0 saturated carbocycles. The maximum Gasteiger partial charge on any atom is 0.337 e. The van der Waals surface area contributed by atoms with Gasteiger partial charge in [0.2, 0.25) is 6.29 Å². The highest BCUT2D eigenvalue weighted by molar-refractivity contribution is 7.39. The smallest absolute Gasteiger partial charge is 0.337 e. The van der Waals surface area contributed by atoms with E-state index in [1.807, 2.05) is 0 Å². The van der Waals surface area contributed by atoms with E-state index >= 15 is 0 Å². The Morgan fingerprint density at radius 2 is 1.65 bits per heavy atom. The van der Waals surface area contributed by atoms with E-state index in [-0.39, 0.29) is 11.3 Å². The summed E-state index contributed by atoms with van der Waals surface area (Å²) in [6.07, 6.45) is -2.23. The highest BCUT2D eigenvalue weighted by atomic mass is 31.2. The number of esters is 1. The summed E-state index contributed by atoms with van der Waals surface area (Å²) in [6.45, 7) is 13.1. The maximum atomic E-state index is 11.5. The van der Waals surface area contributed by atoms with E-state index in [1.54, 1.807) is 0 Å². The van der Waals surface area contributed by atoms with Gasteiger partial charge in [-0.25, -0.2) is 4.79 Å². The number of hydrogen-bond acceptors (Lipinski definition) is 10. The lowest BCUT2D eigenvalue weighted by Crippen LogP contribution is -2.59. The summed E-state index contributed by atoms with van der Waals surface area (Å²) in [6, 6.07) is 0. The van der Waals surface area contributed by atoms with Crippen LogP contribution in [0.4, 0.5) is 0 Å². The van der Waals surface area contributed by atoms with Crippen LogP contribution in [0.5, 0.6) is 0 Å². The van der Waals surface area contributed by atoms with Crippen molar-refractivity contribution in [3.05, 3.63) is 48.8 Å². The van der Waals surface area contributed by atoms with Crippen LogP contribution in [0, 0.1) is 5.92 Å². The lowest BCUT2D eigenvalue weighted by atomic mass is 9.99. The average molecular weight is 464 g/mol. The van der Waals surface area contributed by atoms with Crippen molar-refractivity contribution in [2.24, 2.45) is 5.92 Å². The predicted molar refractivity (Wildman–Crippen MR) is 114 cm³/mol. The number of aliphatic hydroxyl groups is 3. The topological polar surface area (TPSA) is 155 Å². The Balaban J connectivity index is 0.00000206. The fourth-order valence-corrected chi connectivity index (χ4v) is 2.37. The molecule has 0 radical (unpaired) electrons. The van der Waals surface area contributed by atoms with Crippen molar-refractivity contribution in [3.8, 4) is 0 Å². The molecular formula is C20H33O10P. The van der Waals surface area contributed by atoms with E-state index in [4.69, 9.17) is 19.3 Å². The maximum absolute atomic E-state index is 11.5. The molecule has 1 aliphatic rings. The van der Waals surface area contributed by atoms with Crippen LogP contribution in [-0.2, 0) is 23.5 Å². The van der Waals surface area contributed by atoms with Gasteiger partial charge >= 0.3 is 14.6 Å². The van der Waals surface area contributed by atoms with Crippen molar-refractivity contribution in [1.82, 2.24) is 0 Å². The second-order valence-corrected chi connectivity index (χ2v) is 7.77. The Kier molecular flexibility index (Phi) is 14.4. The second-order valence-electron chi connectivity index (χ2n) is 7.00. The van der Waals surface area contributed by atoms with Crippen LogP contribution in [0.3, 0.4) is 0 Å². The molecule has 11 heteroatoms. The lowest BCUT2D eigenvalue weighted by Gasteiger charge is -2.40. The summed E-state index contributed by atoms with van der Waals surface area (Å²) in [7, 11) is -1.48. The molecule has 5 N–H and O–H groups in total. The third kappa shape index (κ3) is 11.0. The molecule has 0 bridgehead atoms. The molecule has 0 aromatic heterocycles. The fourth-order valence-electron chi connectivity index (χ4n) is 2.09. The molecule has 1 heterocycles. The summed E-state index contributed by atoms with van der Waals surface area (Å²) in [4.78, 5) is 29.1. The first-order valence-electron chi connectivity index (χ1n) is 9.40. The molecule has 0 spiro atoms. The molecule has 10 nitrogen and oxygen atoms in total. The van der Waals surface area contributed by atoms with Crippen molar-refractivity contribution in [2.45, 2.75) is 51.5 Å². The van der Waals surface area contributed by atoms with Gasteiger partial charge in [-0.2, -0.15) is 0 Å². The van der Waals surface area contributed by atoms with Gasteiger partial charge in [-0.15, -0.1) is 0 Å². The van der Waals surface area contributed by atoms with Gasteiger partial charge in [0.1, 0.15) is 30.2 Å². The Morgan fingerprint density at radius 3 is 2.10 bits per heavy atom. The van der Waals surface area contributed by atoms with Crippen molar-refractivity contribution in [1.29, 1.82) is 0 Å². The monoisotopic (exact) mass is 464 g/mol. The zero-order chi connectivity index (χ0) is 24.1. The van der Waals surface area contributed by atoms with Gasteiger partial charge in [-0.05, 0) is 24.1 Å². The third-order valence-electron chi connectivity index (χ3n) is 3.54.